The number of aromatic nitrogens is 1. The van der Waals surface area contributed by atoms with Crippen molar-refractivity contribution >= 4 is 17.3 Å². The first-order chi connectivity index (χ1) is 11.1. The molecule has 0 saturated heterocycles. The summed E-state index contributed by atoms with van der Waals surface area (Å²) in [6.07, 6.45) is 2.62. The highest BCUT2D eigenvalue weighted by Gasteiger charge is 2.07. The Bertz CT molecular complexity index is 622. The summed E-state index contributed by atoms with van der Waals surface area (Å²) in [5.74, 6) is 1.24. The molecule has 2 aromatic rings. The Balaban J connectivity index is 1.91. The fourth-order valence-electron chi connectivity index (χ4n) is 2.01. The van der Waals surface area contributed by atoms with E-state index in [0.717, 1.165) is 23.5 Å². The van der Waals surface area contributed by atoms with Gasteiger partial charge in [-0.3, -0.25) is 4.79 Å². The Morgan fingerprint density at radius 2 is 1.83 bits per heavy atom. The number of anilines is 2. The van der Waals surface area contributed by atoms with E-state index >= 15 is 0 Å². The van der Waals surface area contributed by atoms with Crippen molar-refractivity contribution in [2.45, 2.75) is 20.3 Å². The van der Waals surface area contributed by atoms with Crippen molar-refractivity contribution in [1.82, 2.24) is 10.3 Å². The van der Waals surface area contributed by atoms with E-state index in [9.17, 15) is 4.79 Å². The van der Waals surface area contributed by atoms with Crippen molar-refractivity contribution in [3.8, 4) is 5.75 Å². The minimum absolute atomic E-state index is 0.137. The molecule has 0 saturated carbocycles. The van der Waals surface area contributed by atoms with E-state index in [1.807, 2.05) is 30.3 Å². The summed E-state index contributed by atoms with van der Waals surface area (Å²) in [5.41, 5.74) is 2.18. The normalized spacial score (nSPS) is 10.4. The van der Waals surface area contributed by atoms with E-state index in [0.29, 0.717) is 18.2 Å². The van der Waals surface area contributed by atoms with Gasteiger partial charge in [-0.25, -0.2) is 4.98 Å². The van der Waals surface area contributed by atoms with Crippen LogP contribution >= 0.6 is 0 Å². The van der Waals surface area contributed by atoms with Crippen LogP contribution in [0.2, 0.25) is 0 Å². The Hall–Kier alpha value is -2.56. The monoisotopic (exact) mass is 313 g/mol. The number of methoxy groups -OCH3 is 1. The predicted octanol–water partition coefficient (Wildman–Crippen LogP) is 3.61. The zero-order chi connectivity index (χ0) is 16.7. The van der Waals surface area contributed by atoms with Crippen LogP contribution in [0.4, 0.5) is 11.4 Å². The van der Waals surface area contributed by atoms with Crippen LogP contribution in [0.1, 0.15) is 30.8 Å². The van der Waals surface area contributed by atoms with E-state index < -0.39 is 0 Å². The molecule has 1 aromatic heterocycles. The van der Waals surface area contributed by atoms with E-state index in [1.54, 1.807) is 19.4 Å². The zero-order valence-corrected chi connectivity index (χ0v) is 13.8. The first-order valence-electron chi connectivity index (χ1n) is 7.74. The molecule has 0 aliphatic rings. The molecule has 0 unspecified atom stereocenters. The smallest absolute Gasteiger partial charge is 0.269 e. The van der Waals surface area contributed by atoms with E-state index in [4.69, 9.17) is 4.74 Å². The van der Waals surface area contributed by atoms with Gasteiger partial charge >= 0.3 is 0 Å². The molecular weight excluding hydrogens is 290 g/mol. The lowest BCUT2D eigenvalue weighted by molar-refractivity contribution is 0.0947. The van der Waals surface area contributed by atoms with Gasteiger partial charge < -0.3 is 15.4 Å². The predicted molar refractivity (Wildman–Crippen MR) is 92.3 cm³/mol. The molecule has 0 fully saturated rings. The SMILES string of the molecule is COc1ccc(Nc2ccc(C(=O)NCCC(C)C)nc2)cc1. The summed E-state index contributed by atoms with van der Waals surface area (Å²) in [6, 6.07) is 11.2. The average Bonchev–Trinajstić information content (AvgIpc) is 2.56. The molecule has 1 amide bonds. The Morgan fingerprint density at radius 1 is 1.13 bits per heavy atom. The number of pyridine rings is 1. The Morgan fingerprint density at radius 3 is 2.39 bits per heavy atom. The van der Waals surface area contributed by atoms with Crippen LogP contribution in [0.3, 0.4) is 0 Å². The highest BCUT2D eigenvalue weighted by molar-refractivity contribution is 5.92. The summed E-state index contributed by atoms with van der Waals surface area (Å²) in [6.45, 7) is 4.93. The standard InChI is InChI=1S/C18H23N3O2/c1-13(2)10-11-19-18(22)17-9-6-15(12-20-17)21-14-4-7-16(23-3)8-5-14/h4-9,12-13,21H,10-11H2,1-3H3,(H,19,22). The van der Waals surface area contributed by atoms with Gasteiger partial charge in [-0.15, -0.1) is 0 Å². The van der Waals surface area contributed by atoms with Gasteiger partial charge in [-0.2, -0.15) is 0 Å². The molecule has 5 nitrogen and oxygen atoms in total. The number of carbonyl (C=O) groups excluding carboxylic acids is 1. The first-order valence-corrected chi connectivity index (χ1v) is 7.74. The molecule has 1 aromatic carbocycles. The maximum Gasteiger partial charge on any atom is 0.269 e. The molecule has 5 heteroatoms. The third-order valence-electron chi connectivity index (χ3n) is 3.38. The molecule has 0 spiro atoms. The quantitative estimate of drug-likeness (QED) is 0.819. The van der Waals surface area contributed by atoms with Gasteiger partial charge in [-0.05, 0) is 48.7 Å². The average molecular weight is 313 g/mol. The van der Waals surface area contributed by atoms with E-state index in [1.165, 1.54) is 0 Å². The summed E-state index contributed by atoms with van der Waals surface area (Å²) in [4.78, 5) is 16.2. The number of ether oxygens (including phenoxy) is 1. The van der Waals surface area contributed by atoms with Crippen LogP contribution in [0.5, 0.6) is 5.75 Å². The minimum Gasteiger partial charge on any atom is -0.497 e. The molecular formula is C18H23N3O2. The zero-order valence-electron chi connectivity index (χ0n) is 13.8. The molecule has 0 bridgehead atoms. The molecule has 0 aliphatic carbocycles. The Labute approximate surface area is 137 Å². The Kier molecular flexibility index (Phi) is 5.97. The lowest BCUT2D eigenvalue weighted by Crippen LogP contribution is -2.26. The largest absolute Gasteiger partial charge is 0.497 e. The van der Waals surface area contributed by atoms with Crippen molar-refractivity contribution in [2.75, 3.05) is 19.0 Å². The third kappa shape index (κ3) is 5.29. The van der Waals surface area contributed by atoms with Crippen LogP contribution in [0.25, 0.3) is 0 Å². The van der Waals surface area contributed by atoms with Crippen LogP contribution < -0.4 is 15.4 Å². The summed E-state index contributed by atoms with van der Waals surface area (Å²) in [5, 5.41) is 6.11. The molecule has 2 N–H and O–H groups in total. The molecule has 2 rings (SSSR count). The molecule has 1 heterocycles. The van der Waals surface area contributed by atoms with Crippen molar-refractivity contribution in [2.24, 2.45) is 5.92 Å². The highest BCUT2D eigenvalue weighted by atomic mass is 16.5. The second-order valence-corrected chi connectivity index (χ2v) is 5.72. The molecule has 0 atom stereocenters. The van der Waals surface area contributed by atoms with Gasteiger partial charge in [0.15, 0.2) is 0 Å². The fraction of sp³-hybridized carbons (Fsp3) is 0.333. The second kappa shape index (κ2) is 8.17. The van der Waals surface area contributed by atoms with Gasteiger partial charge in [0.05, 0.1) is 19.0 Å². The lowest BCUT2D eigenvalue weighted by Gasteiger charge is -2.09. The summed E-state index contributed by atoms with van der Waals surface area (Å²) in [7, 11) is 1.64. The lowest BCUT2D eigenvalue weighted by atomic mass is 10.1. The number of amides is 1. The van der Waals surface area contributed by atoms with Crippen LogP contribution in [0, 0.1) is 5.92 Å². The fourth-order valence-corrected chi connectivity index (χ4v) is 2.01. The number of hydrogen-bond acceptors (Lipinski definition) is 4. The van der Waals surface area contributed by atoms with E-state index in [-0.39, 0.29) is 5.91 Å². The summed E-state index contributed by atoms with van der Waals surface area (Å²) < 4.78 is 5.12. The minimum atomic E-state index is -0.137. The number of benzene rings is 1. The molecule has 122 valence electrons. The van der Waals surface area contributed by atoms with Crippen molar-refractivity contribution in [3.05, 3.63) is 48.3 Å². The van der Waals surface area contributed by atoms with Crippen molar-refractivity contribution in [3.63, 3.8) is 0 Å². The van der Waals surface area contributed by atoms with Gasteiger partial charge in [0.25, 0.3) is 5.91 Å². The molecule has 23 heavy (non-hydrogen) atoms. The number of rotatable bonds is 7. The summed E-state index contributed by atoms with van der Waals surface area (Å²) >= 11 is 0. The number of nitrogens with zero attached hydrogens (tertiary/aromatic N) is 1. The van der Waals surface area contributed by atoms with Crippen LogP contribution in [-0.2, 0) is 0 Å². The first kappa shape index (κ1) is 16.8. The van der Waals surface area contributed by atoms with Gasteiger partial charge in [0.1, 0.15) is 11.4 Å². The van der Waals surface area contributed by atoms with Gasteiger partial charge in [0.2, 0.25) is 0 Å². The van der Waals surface area contributed by atoms with Crippen molar-refractivity contribution in [1.29, 1.82) is 0 Å². The highest BCUT2D eigenvalue weighted by Crippen LogP contribution is 2.19. The second-order valence-electron chi connectivity index (χ2n) is 5.72. The third-order valence-corrected chi connectivity index (χ3v) is 3.38. The van der Waals surface area contributed by atoms with Gasteiger partial charge in [-0.1, -0.05) is 13.8 Å². The molecule has 0 radical (unpaired) electrons. The number of nitrogens with one attached hydrogen (secondary N) is 2. The molecule has 0 aliphatic heterocycles. The maximum absolute atomic E-state index is 12.0. The van der Waals surface area contributed by atoms with E-state index in [2.05, 4.69) is 29.5 Å². The number of carbonyl (C=O) groups is 1. The number of hydrogen-bond donors (Lipinski definition) is 2. The van der Waals surface area contributed by atoms with Crippen molar-refractivity contribution < 1.29 is 9.53 Å². The maximum atomic E-state index is 12.0. The van der Waals surface area contributed by atoms with Crippen LogP contribution in [0.15, 0.2) is 42.6 Å². The van der Waals surface area contributed by atoms with Crippen LogP contribution in [-0.4, -0.2) is 24.5 Å². The topological polar surface area (TPSA) is 63.2 Å². The van der Waals surface area contributed by atoms with Gasteiger partial charge in [0, 0.05) is 12.2 Å².